The van der Waals surface area contributed by atoms with E-state index in [2.05, 4.69) is 42.5 Å². The molecule has 9 heteroatoms. The van der Waals surface area contributed by atoms with Gasteiger partial charge in [-0.15, -0.1) is 11.3 Å². The van der Waals surface area contributed by atoms with Gasteiger partial charge in [0, 0.05) is 25.6 Å². The second-order valence-electron chi connectivity index (χ2n) is 7.59. The zero-order valence-electron chi connectivity index (χ0n) is 17.3. The summed E-state index contributed by atoms with van der Waals surface area (Å²) in [6.45, 7) is 7.68. The molecule has 0 bridgehead atoms. The van der Waals surface area contributed by atoms with Crippen LogP contribution in [-0.2, 0) is 21.4 Å². The zero-order chi connectivity index (χ0) is 21.5. The number of benzene rings is 1. The third-order valence-electron chi connectivity index (χ3n) is 5.71. The lowest BCUT2D eigenvalue weighted by Crippen LogP contribution is -2.40. The molecule has 0 radical (unpaired) electrons. The fourth-order valence-corrected chi connectivity index (χ4v) is 7.57. The van der Waals surface area contributed by atoms with E-state index >= 15 is 0 Å². The van der Waals surface area contributed by atoms with Gasteiger partial charge in [0.15, 0.2) is 4.80 Å². The number of carbonyl (C=O) groups excluding carboxylic acids is 1. The van der Waals surface area contributed by atoms with Crippen molar-refractivity contribution in [1.82, 2.24) is 8.87 Å². The minimum Gasteiger partial charge on any atom is -0.317 e. The van der Waals surface area contributed by atoms with E-state index in [0.29, 0.717) is 30.1 Å². The lowest BCUT2D eigenvalue weighted by Gasteiger charge is -2.29. The Morgan fingerprint density at radius 2 is 1.90 bits per heavy atom. The van der Waals surface area contributed by atoms with Gasteiger partial charge in [0.2, 0.25) is 0 Å². The van der Waals surface area contributed by atoms with E-state index in [4.69, 9.17) is 0 Å². The van der Waals surface area contributed by atoms with Gasteiger partial charge < -0.3 is 4.57 Å². The summed E-state index contributed by atoms with van der Waals surface area (Å²) in [6, 6.07) is 7.67. The number of hydrogen-bond acceptors (Lipinski definition) is 5. The molecule has 160 valence electrons. The molecular formula is C21H25N3O3S3. The second kappa shape index (κ2) is 8.37. The summed E-state index contributed by atoms with van der Waals surface area (Å²) in [7, 11) is -3.46. The van der Waals surface area contributed by atoms with Crippen LogP contribution in [0.4, 0.5) is 0 Å². The van der Waals surface area contributed by atoms with E-state index in [1.165, 1.54) is 38.1 Å². The number of fused-ring (bicyclic) bond motifs is 1. The van der Waals surface area contributed by atoms with Crippen LogP contribution in [0.2, 0.25) is 0 Å². The highest BCUT2D eigenvalue weighted by atomic mass is 32.2. The van der Waals surface area contributed by atoms with Gasteiger partial charge in [0.25, 0.3) is 15.9 Å². The van der Waals surface area contributed by atoms with E-state index in [-0.39, 0.29) is 11.8 Å². The van der Waals surface area contributed by atoms with Crippen LogP contribution in [0.25, 0.3) is 10.2 Å². The Kier molecular flexibility index (Phi) is 5.98. The molecule has 1 aliphatic rings. The number of aryl methyl sites for hydroxylation is 3. The van der Waals surface area contributed by atoms with Gasteiger partial charge in [-0.05, 0) is 68.3 Å². The number of nitrogens with zero attached hydrogens (tertiary/aromatic N) is 3. The second-order valence-corrected chi connectivity index (χ2v) is 11.7. The normalized spacial score (nSPS) is 17.1. The summed E-state index contributed by atoms with van der Waals surface area (Å²) in [6.07, 6.45) is 1.00. The van der Waals surface area contributed by atoms with E-state index < -0.39 is 10.0 Å². The molecular weight excluding hydrogens is 438 g/mol. The Bertz CT molecular complexity index is 1250. The first-order chi connectivity index (χ1) is 14.3. The number of piperidine rings is 1. The van der Waals surface area contributed by atoms with E-state index in [0.717, 1.165) is 21.6 Å². The minimum atomic E-state index is -3.46. The van der Waals surface area contributed by atoms with Gasteiger partial charge in [-0.2, -0.15) is 9.30 Å². The van der Waals surface area contributed by atoms with E-state index in [1.807, 2.05) is 0 Å². The standard InChI is InChI=1S/C21H25N3O3S3/c1-4-24-17-12-14(2)15(3)13-18(17)29-21(24)22-20(25)16-7-9-23(10-8-16)30(26,27)19-6-5-11-28-19/h5-6,11-13,16H,4,7-10H2,1-3H3. The SMILES string of the molecule is CCn1c(=NC(=O)C2CCN(S(=O)(=O)c3cccs3)CC2)sc2cc(C)c(C)cc21. The maximum atomic E-state index is 12.9. The third kappa shape index (κ3) is 3.91. The summed E-state index contributed by atoms with van der Waals surface area (Å²) in [5.74, 6) is -0.385. The Hall–Kier alpha value is -1.81. The van der Waals surface area contributed by atoms with Crippen molar-refractivity contribution in [3.63, 3.8) is 0 Å². The maximum Gasteiger partial charge on any atom is 0.252 e. The molecule has 6 nitrogen and oxygen atoms in total. The molecule has 3 heterocycles. The molecule has 1 saturated heterocycles. The average molecular weight is 464 g/mol. The first kappa shape index (κ1) is 21.4. The van der Waals surface area contributed by atoms with E-state index in [1.54, 1.807) is 17.5 Å². The summed E-state index contributed by atoms with van der Waals surface area (Å²) >= 11 is 2.76. The molecule has 0 N–H and O–H groups in total. The number of thiophene rings is 1. The van der Waals surface area contributed by atoms with Crippen molar-refractivity contribution >= 4 is 48.8 Å². The summed E-state index contributed by atoms with van der Waals surface area (Å²) in [4.78, 5) is 18.1. The first-order valence-electron chi connectivity index (χ1n) is 10.0. The molecule has 0 saturated carbocycles. The van der Waals surface area contributed by atoms with Gasteiger partial charge in [-0.1, -0.05) is 17.4 Å². The Balaban J connectivity index is 1.55. The number of aromatic nitrogens is 1. The topological polar surface area (TPSA) is 71.7 Å². The van der Waals surface area contributed by atoms with Gasteiger partial charge in [-0.3, -0.25) is 4.79 Å². The highest BCUT2D eigenvalue weighted by Gasteiger charge is 2.32. The van der Waals surface area contributed by atoms with Crippen molar-refractivity contribution in [2.24, 2.45) is 10.9 Å². The quantitative estimate of drug-likeness (QED) is 0.589. The van der Waals surface area contributed by atoms with Gasteiger partial charge in [0.05, 0.1) is 10.2 Å². The molecule has 4 rings (SSSR count). The fraction of sp³-hybridized carbons (Fsp3) is 0.429. The van der Waals surface area contributed by atoms with E-state index in [9.17, 15) is 13.2 Å². The Labute approximate surface area is 184 Å². The van der Waals surface area contributed by atoms with Gasteiger partial charge >= 0.3 is 0 Å². The molecule has 1 aromatic carbocycles. The van der Waals surface area contributed by atoms with Crippen LogP contribution in [0.1, 0.15) is 30.9 Å². The van der Waals surface area contributed by atoms with Crippen LogP contribution in [0.5, 0.6) is 0 Å². The van der Waals surface area contributed by atoms with Crippen LogP contribution in [0.3, 0.4) is 0 Å². The molecule has 0 aliphatic carbocycles. The fourth-order valence-electron chi connectivity index (χ4n) is 3.78. The summed E-state index contributed by atoms with van der Waals surface area (Å²) < 4.78 is 30.4. The third-order valence-corrected chi connectivity index (χ3v) is 10.0. The van der Waals surface area contributed by atoms with Crippen LogP contribution in [-0.4, -0.2) is 36.3 Å². The molecule has 0 spiro atoms. The number of hydrogen-bond donors (Lipinski definition) is 0. The summed E-state index contributed by atoms with van der Waals surface area (Å²) in [5.41, 5.74) is 3.55. The van der Waals surface area contributed by atoms with Gasteiger partial charge in [-0.25, -0.2) is 8.42 Å². The van der Waals surface area contributed by atoms with Crippen molar-refractivity contribution in [3.05, 3.63) is 45.6 Å². The molecule has 0 atom stereocenters. The number of rotatable bonds is 4. The van der Waals surface area contributed by atoms with Crippen molar-refractivity contribution < 1.29 is 13.2 Å². The number of carbonyl (C=O) groups is 1. The minimum absolute atomic E-state index is 0.148. The predicted octanol–water partition coefficient (Wildman–Crippen LogP) is 3.93. The average Bonchev–Trinajstić information content (AvgIpc) is 3.37. The number of amides is 1. The van der Waals surface area contributed by atoms with Crippen molar-refractivity contribution in [2.75, 3.05) is 13.1 Å². The molecule has 30 heavy (non-hydrogen) atoms. The van der Waals surface area contributed by atoms with Crippen molar-refractivity contribution in [2.45, 2.75) is 44.4 Å². The van der Waals surface area contributed by atoms with Crippen LogP contribution in [0, 0.1) is 19.8 Å². The summed E-state index contributed by atoms with van der Waals surface area (Å²) in [5, 5.41) is 1.76. The van der Waals surface area contributed by atoms with Gasteiger partial charge in [0.1, 0.15) is 4.21 Å². The van der Waals surface area contributed by atoms with Crippen LogP contribution < -0.4 is 4.80 Å². The molecule has 3 aromatic rings. The number of thiazole rings is 1. The smallest absolute Gasteiger partial charge is 0.252 e. The monoisotopic (exact) mass is 463 g/mol. The Morgan fingerprint density at radius 1 is 1.20 bits per heavy atom. The van der Waals surface area contributed by atoms with Crippen molar-refractivity contribution in [1.29, 1.82) is 0 Å². The highest BCUT2D eigenvalue weighted by Crippen LogP contribution is 2.27. The van der Waals surface area contributed by atoms with Crippen LogP contribution in [0.15, 0.2) is 38.8 Å². The molecule has 1 aliphatic heterocycles. The molecule has 1 amide bonds. The van der Waals surface area contributed by atoms with Crippen LogP contribution >= 0.6 is 22.7 Å². The highest BCUT2D eigenvalue weighted by molar-refractivity contribution is 7.91. The Morgan fingerprint density at radius 3 is 2.53 bits per heavy atom. The lowest BCUT2D eigenvalue weighted by atomic mass is 9.98. The van der Waals surface area contributed by atoms with Crippen molar-refractivity contribution in [3.8, 4) is 0 Å². The zero-order valence-corrected chi connectivity index (χ0v) is 19.7. The molecule has 0 unspecified atom stereocenters. The molecule has 1 fully saturated rings. The molecule has 2 aromatic heterocycles. The predicted molar refractivity (Wildman–Crippen MR) is 121 cm³/mol. The number of sulfonamides is 1. The largest absolute Gasteiger partial charge is 0.317 e. The maximum absolute atomic E-state index is 12.9. The lowest BCUT2D eigenvalue weighted by molar-refractivity contribution is -0.122. The first-order valence-corrected chi connectivity index (χ1v) is 13.2.